The van der Waals surface area contributed by atoms with Crippen molar-refractivity contribution in [2.45, 2.75) is 152 Å². The van der Waals surface area contributed by atoms with Gasteiger partial charge in [-0.3, -0.25) is 42.5 Å². The summed E-state index contributed by atoms with van der Waals surface area (Å²) in [7, 11) is -4.26. The highest BCUT2D eigenvalue weighted by Gasteiger charge is 2.63. The van der Waals surface area contributed by atoms with E-state index < -0.39 is 22.3 Å². The van der Waals surface area contributed by atoms with Gasteiger partial charge in [0.05, 0.1) is 55.4 Å². The standard InChI is InChI=1S/C50H70N8O3PS/c59-63(60,62(31-17-4-1-5-18-31,32-19-6-2-7-20-32)33-21-8-3-9-22-33)61-41-30-16-29-40-42(41)50-57-48-39-28-15-14-27-38(39)46(55-48)53-44-35-24-11-10-23-34(35)43(51-44)52-45-36-25-12-13-26-37(36)47(54-45)56-49(40)58-50/h1-9,17-22,34-58H,10-16,23-30H2/q+1. The Bertz CT molecular complexity index is 2060. The number of fused-ring (bicyclic) bond motifs is 20. The molecule has 0 radical (unpaired) electrons. The average molecular weight is 894 g/mol. The Kier molecular flexibility index (Phi) is 11.6. The van der Waals surface area contributed by atoms with Gasteiger partial charge in [0.15, 0.2) is 0 Å². The van der Waals surface area contributed by atoms with Crippen LogP contribution in [0.4, 0.5) is 0 Å². The predicted molar refractivity (Wildman–Crippen MR) is 252 cm³/mol. The summed E-state index contributed by atoms with van der Waals surface area (Å²) in [5.41, 5.74) is 0. The van der Waals surface area contributed by atoms with Gasteiger partial charge in [0.25, 0.3) is 6.46 Å². The summed E-state index contributed by atoms with van der Waals surface area (Å²) in [5.74, 6) is 3.56. The highest BCUT2D eigenvalue weighted by atomic mass is 32.8. The first-order valence-electron chi connectivity index (χ1n) is 25.0. The fourth-order valence-corrected chi connectivity index (χ4v) is 23.3. The molecule has 5 heterocycles. The van der Waals surface area contributed by atoms with Gasteiger partial charge in [-0.25, -0.2) is 4.18 Å². The van der Waals surface area contributed by atoms with Crippen LogP contribution in [0.2, 0.25) is 0 Å². The smallest absolute Gasteiger partial charge is 0.286 e. The Labute approximate surface area is 375 Å². The topological polar surface area (TPSA) is 140 Å². The van der Waals surface area contributed by atoms with E-state index in [4.69, 9.17) is 4.18 Å². The molecule has 338 valence electrons. The van der Waals surface area contributed by atoms with E-state index in [9.17, 15) is 0 Å². The van der Waals surface area contributed by atoms with Gasteiger partial charge in [0, 0.05) is 5.92 Å². The van der Waals surface area contributed by atoms with E-state index in [1.54, 1.807) is 0 Å². The lowest BCUT2D eigenvalue weighted by atomic mass is 9.75. The molecular weight excluding hydrogens is 824 g/mol. The molecule has 12 rings (SSSR count). The molecule has 9 fully saturated rings. The van der Waals surface area contributed by atoms with Crippen LogP contribution < -0.4 is 58.4 Å². The van der Waals surface area contributed by atoms with Crippen molar-refractivity contribution in [3.8, 4) is 0 Å². The van der Waals surface area contributed by atoms with Gasteiger partial charge in [0.2, 0.25) is 0 Å². The highest BCUT2D eigenvalue weighted by molar-refractivity contribution is 8.62. The van der Waals surface area contributed by atoms with Crippen LogP contribution in [0.5, 0.6) is 0 Å². The van der Waals surface area contributed by atoms with Crippen LogP contribution in [0.3, 0.4) is 0 Å². The van der Waals surface area contributed by atoms with Gasteiger partial charge in [-0.2, -0.15) is 8.42 Å². The largest absolute Gasteiger partial charge is 0.398 e. The molecule has 8 bridgehead atoms. The van der Waals surface area contributed by atoms with E-state index in [1.807, 2.05) is 91.0 Å². The SMILES string of the molecule is O=S(=O)(OC1CCCC2C3NC4NC(NC5NC(NC6NC(NC(N3)C12)C1CCCCC61)C1CCCCC51)C1CCCCC41)[P+](c1ccccc1)(c1ccccc1)c1ccccc1. The zero-order valence-electron chi connectivity index (χ0n) is 36.7. The van der Waals surface area contributed by atoms with Crippen molar-refractivity contribution >= 4 is 32.1 Å². The first-order valence-corrected chi connectivity index (χ1v) is 28.8. The summed E-state index contributed by atoms with van der Waals surface area (Å²) >= 11 is 0. The third kappa shape index (κ3) is 7.32. The Balaban J connectivity index is 0.922. The molecule has 11 nitrogen and oxygen atoms in total. The van der Waals surface area contributed by atoms with Crippen molar-refractivity contribution in [2.24, 2.45) is 47.3 Å². The zero-order valence-corrected chi connectivity index (χ0v) is 38.4. The second-order valence-corrected chi connectivity index (χ2v) is 27.6. The molecule has 17 atom stereocenters. The molecule has 4 aliphatic carbocycles. The highest BCUT2D eigenvalue weighted by Crippen LogP contribution is 2.63. The Morgan fingerprint density at radius 1 is 0.365 bits per heavy atom. The molecule has 13 heteroatoms. The lowest BCUT2D eigenvalue weighted by molar-refractivity contribution is 0.0493. The van der Waals surface area contributed by atoms with Gasteiger partial charge in [-0.1, -0.05) is 99.5 Å². The summed E-state index contributed by atoms with van der Waals surface area (Å²) < 4.78 is 39.0. The van der Waals surface area contributed by atoms with Crippen molar-refractivity contribution in [1.82, 2.24) is 42.5 Å². The molecule has 3 aromatic carbocycles. The van der Waals surface area contributed by atoms with Crippen molar-refractivity contribution in [3.63, 3.8) is 0 Å². The van der Waals surface area contributed by atoms with Gasteiger partial charge < -0.3 is 0 Å². The van der Waals surface area contributed by atoms with Crippen LogP contribution in [0.1, 0.15) is 96.3 Å². The minimum absolute atomic E-state index is 0.0134. The fraction of sp³-hybridized carbons (Fsp3) is 0.640. The Morgan fingerprint density at radius 2 is 0.651 bits per heavy atom. The van der Waals surface area contributed by atoms with E-state index in [0.29, 0.717) is 48.1 Å². The maximum atomic E-state index is 15.9. The number of hydrogen-bond acceptors (Lipinski definition) is 11. The quantitative estimate of drug-likeness (QED) is 0.162. The minimum Gasteiger partial charge on any atom is -0.286 e. The summed E-state index contributed by atoms with van der Waals surface area (Å²) in [6.45, 7) is -3.37. The number of nitrogens with one attached hydrogen (secondary N) is 8. The molecule has 4 saturated carbocycles. The Hall–Kier alpha value is -2.32. The van der Waals surface area contributed by atoms with Crippen molar-refractivity contribution < 1.29 is 12.6 Å². The molecule has 8 N–H and O–H groups in total. The molecule has 5 saturated heterocycles. The van der Waals surface area contributed by atoms with E-state index in [-0.39, 0.29) is 55.0 Å². The van der Waals surface area contributed by atoms with E-state index >= 15 is 8.42 Å². The van der Waals surface area contributed by atoms with Crippen LogP contribution in [0, 0.1) is 47.3 Å². The van der Waals surface area contributed by atoms with Crippen LogP contribution in [-0.4, -0.2) is 63.8 Å². The van der Waals surface area contributed by atoms with Gasteiger partial charge in [0.1, 0.15) is 15.9 Å². The average Bonchev–Trinajstić information content (AvgIpc) is 4.06. The van der Waals surface area contributed by atoms with Crippen LogP contribution in [0.15, 0.2) is 91.0 Å². The number of benzene rings is 3. The van der Waals surface area contributed by atoms with Crippen LogP contribution in [-0.2, 0) is 13.9 Å². The van der Waals surface area contributed by atoms with Crippen molar-refractivity contribution in [2.75, 3.05) is 0 Å². The van der Waals surface area contributed by atoms with Gasteiger partial charge >= 0.3 is 9.74 Å². The van der Waals surface area contributed by atoms with Gasteiger partial charge in [-0.05, 0) is 129 Å². The van der Waals surface area contributed by atoms with E-state index in [2.05, 4.69) is 42.5 Å². The second kappa shape index (κ2) is 17.4. The predicted octanol–water partition coefficient (Wildman–Crippen LogP) is 4.84. The number of hydrogen-bond donors (Lipinski definition) is 8. The summed E-state index contributed by atoms with van der Waals surface area (Å²) in [5, 5.41) is 36.1. The monoisotopic (exact) mass is 894 g/mol. The summed E-state index contributed by atoms with van der Waals surface area (Å²) in [4.78, 5) is 0. The lowest BCUT2D eigenvalue weighted by Crippen LogP contribution is -2.62. The van der Waals surface area contributed by atoms with Crippen LogP contribution >= 0.6 is 6.46 Å². The van der Waals surface area contributed by atoms with Crippen LogP contribution in [0.25, 0.3) is 0 Å². The lowest BCUT2D eigenvalue weighted by Gasteiger charge is -2.39. The Morgan fingerprint density at radius 3 is 0.984 bits per heavy atom. The third-order valence-corrected chi connectivity index (χ3v) is 26.2. The molecule has 0 aromatic heterocycles. The van der Waals surface area contributed by atoms with Gasteiger partial charge in [-0.15, -0.1) is 0 Å². The molecule has 63 heavy (non-hydrogen) atoms. The first-order chi connectivity index (χ1) is 31.0. The molecule has 0 amide bonds. The first kappa shape index (κ1) is 42.1. The normalized spacial score (nSPS) is 42.4. The summed E-state index contributed by atoms with van der Waals surface area (Å²) in [6.07, 6.45) is 18.6. The molecule has 5 aliphatic heterocycles. The third-order valence-electron chi connectivity index (χ3n) is 17.8. The van der Waals surface area contributed by atoms with Crippen molar-refractivity contribution in [1.29, 1.82) is 0 Å². The molecule has 17 unspecified atom stereocenters. The van der Waals surface area contributed by atoms with E-state index in [1.165, 1.54) is 77.0 Å². The molecular formula is C50H70N8O3PS+. The van der Waals surface area contributed by atoms with Crippen molar-refractivity contribution in [3.05, 3.63) is 91.0 Å². The fourth-order valence-electron chi connectivity index (χ4n) is 15.1. The maximum Gasteiger partial charge on any atom is 0.398 e. The van der Waals surface area contributed by atoms with E-state index in [0.717, 1.165) is 28.8 Å². The molecule has 9 aliphatic rings. The maximum absolute atomic E-state index is 15.9. The molecule has 0 spiro atoms. The summed E-state index contributed by atoms with van der Waals surface area (Å²) in [6, 6.07) is 29.7. The zero-order chi connectivity index (χ0) is 42.1. The molecule has 3 aromatic rings. The second-order valence-electron chi connectivity index (χ2n) is 20.8. The minimum atomic E-state index is -4.26. The number of rotatable bonds is 6.